The van der Waals surface area contributed by atoms with Crippen LogP contribution in [0.1, 0.15) is 49.1 Å². The van der Waals surface area contributed by atoms with Crippen LogP contribution in [0.15, 0.2) is 53.5 Å². The molecule has 2 aromatic carbocycles. The number of rotatable bonds is 6. The minimum atomic E-state index is 0. The number of halogens is 1. The third-order valence-electron chi connectivity index (χ3n) is 6.68. The standard InChI is InChI=1S/C25H32N4O2.HI/c1-26-24(27-16-18-14-23(30)29-22-11-4-3-10-21(18)22)28-17-25(12-5-6-13-25)19-8-7-9-20(15-19)31-2;/h3-4,7-11,15,18H,5-6,12-14,16-17H2,1-2H3,(H,29,30)(H2,26,27,28);1H. The number of nitrogens with zero attached hydrogens (tertiary/aromatic N) is 1. The van der Waals surface area contributed by atoms with Gasteiger partial charge in [0.05, 0.1) is 7.11 Å². The summed E-state index contributed by atoms with van der Waals surface area (Å²) in [4.78, 5) is 16.5. The first-order valence-electron chi connectivity index (χ1n) is 11.1. The average molecular weight is 548 g/mol. The first kappa shape index (κ1) is 24.4. The van der Waals surface area contributed by atoms with Crippen molar-refractivity contribution in [2.24, 2.45) is 4.99 Å². The molecule has 0 aromatic heterocycles. The monoisotopic (exact) mass is 548 g/mol. The molecular formula is C25H33IN4O2. The smallest absolute Gasteiger partial charge is 0.225 e. The van der Waals surface area contributed by atoms with Crippen molar-refractivity contribution in [1.82, 2.24) is 10.6 Å². The molecule has 7 heteroatoms. The van der Waals surface area contributed by atoms with Gasteiger partial charge in [-0.1, -0.05) is 43.2 Å². The van der Waals surface area contributed by atoms with Gasteiger partial charge in [0.1, 0.15) is 5.75 Å². The van der Waals surface area contributed by atoms with Crippen LogP contribution in [-0.2, 0) is 10.2 Å². The molecule has 6 nitrogen and oxygen atoms in total. The maximum absolute atomic E-state index is 12.1. The number of carbonyl (C=O) groups excluding carboxylic acids is 1. The highest BCUT2D eigenvalue weighted by Gasteiger charge is 2.36. The topological polar surface area (TPSA) is 74.8 Å². The zero-order valence-electron chi connectivity index (χ0n) is 18.8. The van der Waals surface area contributed by atoms with E-state index in [-0.39, 0.29) is 41.2 Å². The van der Waals surface area contributed by atoms with Crippen LogP contribution in [0.25, 0.3) is 0 Å². The number of benzene rings is 2. The number of guanidine groups is 1. The zero-order chi connectivity index (χ0) is 21.7. The van der Waals surface area contributed by atoms with E-state index in [9.17, 15) is 4.79 Å². The Hall–Kier alpha value is -2.29. The summed E-state index contributed by atoms with van der Waals surface area (Å²) in [6.07, 6.45) is 5.26. The summed E-state index contributed by atoms with van der Waals surface area (Å²) >= 11 is 0. The van der Waals surface area contributed by atoms with E-state index in [1.54, 1.807) is 14.2 Å². The van der Waals surface area contributed by atoms with Gasteiger partial charge >= 0.3 is 0 Å². The Balaban J connectivity index is 0.00000289. The number of anilines is 1. The van der Waals surface area contributed by atoms with E-state index in [1.165, 1.54) is 24.0 Å². The molecule has 1 fully saturated rings. The molecule has 32 heavy (non-hydrogen) atoms. The van der Waals surface area contributed by atoms with Crippen LogP contribution in [0.2, 0.25) is 0 Å². The Morgan fingerprint density at radius 1 is 1.16 bits per heavy atom. The average Bonchev–Trinajstić information content (AvgIpc) is 3.29. The van der Waals surface area contributed by atoms with E-state index >= 15 is 0 Å². The number of nitrogens with one attached hydrogen (secondary N) is 3. The predicted molar refractivity (Wildman–Crippen MR) is 140 cm³/mol. The fourth-order valence-electron chi connectivity index (χ4n) is 4.95. The lowest BCUT2D eigenvalue weighted by Crippen LogP contribution is -2.46. The van der Waals surface area contributed by atoms with Gasteiger partial charge in [-0.25, -0.2) is 0 Å². The number of methoxy groups -OCH3 is 1. The van der Waals surface area contributed by atoms with E-state index < -0.39 is 0 Å². The maximum atomic E-state index is 12.1. The van der Waals surface area contributed by atoms with Gasteiger partial charge in [0, 0.05) is 43.6 Å². The summed E-state index contributed by atoms with van der Waals surface area (Å²) < 4.78 is 5.46. The molecule has 1 unspecified atom stereocenters. The van der Waals surface area contributed by atoms with Crippen LogP contribution in [0.5, 0.6) is 5.75 Å². The molecule has 172 valence electrons. The predicted octanol–water partition coefficient (Wildman–Crippen LogP) is 4.42. The summed E-state index contributed by atoms with van der Waals surface area (Å²) in [6, 6.07) is 16.5. The van der Waals surface area contributed by atoms with Crippen molar-refractivity contribution in [2.75, 3.05) is 32.6 Å². The molecular weight excluding hydrogens is 515 g/mol. The zero-order valence-corrected chi connectivity index (χ0v) is 21.1. The van der Waals surface area contributed by atoms with Gasteiger partial charge in [0.2, 0.25) is 5.91 Å². The summed E-state index contributed by atoms with van der Waals surface area (Å²) in [7, 11) is 3.51. The molecule has 1 aliphatic heterocycles. The van der Waals surface area contributed by atoms with Gasteiger partial charge in [0.25, 0.3) is 0 Å². The fourth-order valence-corrected chi connectivity index (χ4v) is 4.95. The van der Waals surface area contributed by atoms with Crippen molar-refractivity contribution < 1.29 is 9.53 Å². The van der Waals surface area contributed by atoms with Crippen molar-refractivity contribution >= 4 is 41.5 Å². The second-order valence-corrected chi connectivity index (χ2v) is 8.56. The number of hydrogen-bond donors (Lipinski definition) is 3. The number of hydrogen-bond acceptors (Lipinski definition) is 3. The molecule has 2 aliphatic rings. The minimum Gasteiger partial charge on any atom is -0.497 e. The molecule has 3 N–H and O–H groups in total. The van der Waals surface area contributed by atoms with Gasteiger partial charge in [0.15, 0.2) is 5.96 Å². The van der Waals surface area contributed by atoms with Crippen molar-refractivity contribution in [3.8, 4) is 5.75 Å². The van der Waals surface area contributed by atoms with Gasteiger partial charge in [-0.05, 0) is 42.2 Å². The van der Waals surface area contributed by atoms with Crippen LogP contribution in [-0.4, -0.2) is 39.1 Å². The summed E-state index contributed by atoms with van der Waals surface area (Å²) in [5.41, 5.74) is 3.50. The largest absolute Gasteiger partial charge is 0.497 e. The second kappa shape index (κ2) is 11.0. The van der Waals surface area contributed by atoms with E-state index in [0.29, 0.717) is 13.0 Å². The van der Waals surface area contributed by atoms with Gasteiger partial charge in [-0.15, -0.1) is 24.0 Å². The third kappa shape index (κ3) is 5.36. The Bertz CT molecular complexity index is 956. The molecule has 1 heterocycles. The normalized spacial score (nSPS) is 19.4. The SMILES string of the molecule is CN=C(NCC1CC(=O)Nc2ccccc21)NCC1(c2cccc(OC)c2)CCCC1.I. The molecule has 1 atom stereocenters. The van der Waals surface area contributed by atoms with Crippen molar-refractivity contribution in [3.05, 3.63) is 59.7 Å². The molecule has 0 saturated heterocycles. The van der Waals surface area contributed by atoms with E-state index in [0.717, 1.165) is 36.8 Å². The molecule has 0 radical (unpaired) electrons. The molecule has 1 saturated carbocycles. The van der Waals surface area contributed by atoms with Gasteiger partial charge < -0.3 is 20.7 Å². The quantitative estimate of drug-likeness (QED) is 0.284. The Morgan fingerprint density at radius 2 is 1.94 bits per heavy atom. The van der Waals surface area contributed by atoms with E-state index in [1.807, 2.05) is 24.3 Å². The first-order valence-corrected chi connectivity index (χ1v) is 11.1. The van der Waals surface area contributed by atoms with Crippen LogP contribution in [0.3, 0.4) is 0 Å². The van der Waals surface area contributed by atoms with Crippen LogP contribution in [0, 0.1) is 0 Å². The highest BCUT2D eigenvalue weighted by Crippen LogP contribution is 2.41. The van der Waals surface area contributed by atoms with Crippen LogP contribution in [0.4, 0.5) is 5.69 Å². The summed E-state index contributed by atoms with van der Waals surface area (Å²) in [5, 5.41) is 9.97. The van der Waals surface area contributed by atoms with Crippen LogP contribution >= 0.6 is 24.0 Å². The molecule has 2 aromatic rings. The third-order valence-corrected chi connectivity index (χ3v) is 6.68. The Labute approximate surface area is 207 Å². The van der Waals surface area contributed by atoms with Crippen molar-refractivity contribution in [3.63, 3.8) is 0 Å². The van der Waals surface area contributed by atoms with Crippen molar-refractivity contribution in [2.45, 2.75) is 43.4 Å². The van der Waals surface area contributed by atoms with E-state index in [2.05, 4.69) is 45.2 Å². The fraction of sp³-hybridized carbons (Fsp3) is 0.440. The lowest BCUT2D eigenvalue weighted by molar-refractivity contribution is -0.116. The summed E-state index contributed by atoms with van der Waals surface area (Å²) in [5.74, 6) is 1.87. The lowest BCUT2D eigenvalue weighted by atomic mass is 9.78. The number of fused-ring (bicyclic) bond motifs is 1. The second-order valence-electron chi connectivity index (χ2n) is 8.56. The molecule has 4 rings (SSSR count). The maximum Gasteiger partial charge on any atom is 0.225 e. The number of carbonyl (C=O) groups is 1. The minimum absolute atomic E-state index is 0. The molecule has 1 aliphatic carbocycles. The van der Waals surface area contributed by atoms with E-state index in [4.69, 9.17) is 4.74 Å². The Morgan fingerprint density at radius 3 is 2.69 bits per heavy atom. The number of amides is 1. The highest BCUT2D eigenvalue weighted by molar-refractivity contribution is 14.0. The number of aliphatic imine (C=N–C) groups is 1. The number of ether oxygens (including phenoxy) is 1. The highest BCUT2D eigenvalue weighted by atomic mass is 127. The lowest BCUT2D eigenvalue weighted by Gasteiger charge is -2.31. The molecule has 1 amide bonds. The first-order chi connectivity index (χ1) is 15.1. The van der Waals surface area contributed by atoms with Gasteiger partial charge in [-0.2, -0.15) is 0 Å². The summed E-state index contributed by atoms with van der Waals surface area (Å²) in [6.45, 7) is 1.48. The Kier molecular flexibility index (Phi) is 8.39. The van der Waals surface area contributed by atoms with Gasteiger partial charge in [-0.3, -0.25) is 9.79 Å². The number of para-hydroxylation sites is 1. The van der Waals surface area contributed by atoms with Crippen LogP contribution < -0.4 is 20.7 Å². The van der Waals surface area contributed by atoms with Crippen molar-refractivity contribution in [1.29, 1.82) is 0 Å². The molecule has 0 bridgehead atoms. The molecule has 0 spiro atoms.